The zero-order valence-electron chi connectivity index (χ0n) is 14.9. The molecule has 1 unspecified atom stereocenters. The zero-order chi connectivity index (χ0) is 18.4. The third-order valence-electron chi connectivity index (χ3n) is 4.37. The van der Waals surface area contributed by atoms with Crippen molar-refractivity contribution in [3.8, 4) is 0 Å². The number of benzene rings is 1. The van der Waals surface area contributed by atoms with Gasteiger partial charge in [0.1, 0.15) is 6.42 Å². The van der Waals surface area contributed by atoms with E-state index in [1.54, 1.807) is 16.2 Å². The van der Waals surface area contributed by atoms with Gasteiger partial charge in [0.2, 0.25) is 11.8 Å². The average Bonchev–Trinajstić information content (AvgIpc) is 3.28. The molecular weight excluding hydrogens is 348 g/mol. The highest BCUT2D eigenvalue weighted by Crippen LogP contribution is 2.17. The molecule has 0 saturated carbocycles. The molecule has 2 heterocycles. The van der Waals surface area contributed by atoms with Crippen molar-refractivity contribution in [1.29, 1.82) is 0 Å². The second-order valence-electron chi connectivity index (χ2n) is 6.64. The fourth-order valence-electron chi connectivity index (χ4n) is 3.07. The van der Waals surface area contributed by atoms with Gasteiger partial charge in [0.25, 0.3) is 0 Å². The molecule has 6 heteroatoms. The van der Waals surface area contributed by atoms with E-state index in [1.807, 2.05) is 48.0 Å². The van der Waals surface area contributed by atoms with Crippen LogP contribution in [0.4, 0.5) is 5.69 Å². The minimum absolute atomic E-state index is 0.0671. The number of amides is 2. The van der Waals surface area contributed by atoms with Crippen molar-refractivity contribution in [1.82, 2.24) is 4.90 Å². The number of nitrogens with one attached hydrogen (secondary N) is 1. The van der Waals surface area contributed by atoms with Crippen LogP contribution in [0, 0.1) is 6.92 Å². The number of carbonyl (C=O) groups excluding carboxylic acids is 2. The first kappa shape index (κ1) is 18.6. The van der Waals surface area contributed by atoms with Crippen LogP contribution in [0.3, 0.4) is 0 Å². The summed E-state index contributed by atoms with van der Waals surface area (Å²) in [5, 5.41) is 6.83. The number of hydrogen-bond donors (Lipinski definition) is 1. The van der Waals surface area contributed by atoms with Crippen LogP contribution in [0.25, 0.3) is 0 Å². The number of aryl methyl sites for hydroxylation is 1. The lowest BCUT2D eigenvalue weighted by Gasteiger charge is -2.25. The van der Waals surface area contributed by atoms with E-state index in [-0.39, 0.29) is 24.3 Å². The van der Waals surface area contributed by atoms with Crippen molar-refractivity contribution < 1.29 is 14.3 Å². The second kappa shape index (κ2) is 8.96. The van der Waals surface area contributed by atoms with Gasteiger partial charge in [0.05, 0.1) is 6.10 Å². The van der Waals surface area contributed by atoms with Crippen LogP contribution >= 0.6 is 11.3 Å². The highest BCUT2D eigenvalue weighted by molar-refractivity contribution is 7.07. The Bertz CT molecular complexity index is 739. The van der Waals surface area contributed by atoms with E-state index in [4.69, 9.17) is 4.74 Å². The Balaban J connectivity index is 1.60. The van der Waals surface area contributed by atoms with E-state index in [0.29, 0.717) is 18.8 Å². The number of ether oxygens (including phenoxy) is 1. The lowest BCUT2D eigenvalue weighted by atomic mass is 10.2. The van der Waals surface area contributed by atoms with Gasteiger partial charge in [0.15, 0.2) is 0 Å². The van der Waals surface area contributed by atoms with E-state index in [2.05, 4.69) is 5.32 Å². The molecule has 1 fully saturated rings. The molecular formula is C20H24N2O3S. The SMILES string of the molecule is Cc1cccc(NC(=O)CC(=O)N(Cc2ccsc2)CC2CCCO2)c1. The Morgan fingerprint density at radius 2 is 2.23 bits per heavy atom. The van der Waals surface area contributed by atoms with Gasteiger partial charge in [-0.25, -0.2) is 0 Å². The molecule has 0 radical (unpaired) electrons. The largest absolute Gasteiger partial charge is 0.376 e. The van der Waals surface area contributed by atoms with Crippen LogP contribution in [0.5, 0.6) is 0 Å². The van der Waals surface area contributed by atoms with Gasteiger partial charge in [-0.3, -0.25) is 9.59 Å². The lowest BCUT2D eigenvalue weighted by Crippen LogP contribution is -2.38. The highest BCUT2D eigenvalue weighted by atomic mass is 32.1. The average molecular weight is 372 g/mol. The van der Waals surface area contributed by atoms with E-state index in [9.17, 15) is 9.59 Å². The molecule has 1 N–H and O–H groups in total. The molecule has 1 aromatic heterocycles. The van der Waals surface area contributed by atoms with Gasteiger partial charge >= 0.3 is 0 Å². The summed E-state index contributed by atoms with van der Waals surface area (Å²) < 4.78 is 5.67. The monoisotopic (exact) mass is 372 g/mol. The van der Waals surface area contributed by atoms with Gasteiger partial charge in [-0.2, -0.15) is 11.3 Å². The summed E-state index contributed by atoms with van der Waals surface area (Å²) in [7, 11) is 0. The third-order valence-corrected chi connectivity index (χ3v) is 5.10. The van der Waals surface area contributed by atoms with E-state index >= 15 is 0 Å². The van der Waals surface area contributed by atoms with Gasteiger partial charge in [-0.15, -0.1) is 0 Å². The van der Waals surface area contributed by atoms with E-state index in [1.165, 1.54) is 0 Å². The summed E-state index contributed by atoms with van der Waals surface area (Å²) in [6, 6.07) is 9.56. The molecule has 26 heavy (non-hydrogen) atoms. The molecule has 1 aliphatic rings. The summed E-state index contributed by atoms with van der Waals surface area (Å²) in [5.41, 5.74) is 2.86. The van der Waals surface area contributed by atoms with Crippen LogP contribution in [-0.4, -0.2) is 36.0 Å². The number of thiophene rings is 1. The predicted octanol–water partition coefficient (Wildman–Crippen LogP) is 3.59. The van der Waals surface area contributed by atoms with Crippen molar-refractivity contribution >= 4 is 28.8 Å². The lowest BCUT2D eigenvalue weighted by molar-refractivity contribution is -0.136. The summed E-state index contributed by atoms with van der Waals surface area (Å²) in [4.78, 5) is 26.8. The maximum atomic E-state index is 12.7. The standard InChI is InChI=1S/C20H24N2O3S/c1-15-4-2-5-17(10-15)21-19(23)11-20(24)22(12-16-7-9-26-14-16)13-18-6-3-8-25-18/h2,4-5,7,9-10,14,18H,3,6,8,11-13H2,1H3,(H,21,23). The summed E-state index contributed by atoms with van der Waals surface area (Å²) in [6.45, 7) is 3.76. The van der Waals surface area contributed by atoms with Crippen molar-refractivity contribution in [2.45, 2.75) is 38.8 Å². The molecule has 0 aliphatic carbocycles. The van der Waals surface area contributed by atoms with Crippen molar-refractivity contribution in [3.63, 3.8) is 0 Å². The topological polar surface area (TPSA) is 58.6 Å². The molecule has 5 nitrogen and oxygen atoms in total. The van der Waals surface area contributed by atoms with Crippen molar-refractivity contribution in [2.24, 2.45) is 0 Å². The molecule has 138 valence electrons. The first-order valence-corrected chi connectivity index (χ1v) is 9.81. The fraction of sp³-hybridized carbons (Fsp3) is 0.400. The molecule has 0 spiro atoms. The maximum absolute atomic E-state index is 12.7. The minimum Gasteiger partial charge on any atom is -0.376 e. The van der Waals surface area contributed by atoms with E-state index < -0.39 is 0 Å². The minimum atomic E-state index is -0.289. The zero-order valence-corrected chi connectivity index (χ0v) is 15.8. The molecule has 1 atom stereocenters. The van der Waals surface area contributed by atoms with Gasteiger partial charge in [0, 0.05) is 25.4 Å². The molecule has 0 bridgehead atoms. The van der Waals surface area contributed by atoms with Crippen LogP contribution in [0.15, 0.2) is 41.1 Å². The maximum Gasteiger partial charge on any atom is 0.233 e. The summed E-state index contributed by atoms with van der Waals surface area (Å²) in [5.74, 6) is -0.458. The summed E-state index contributed by atoms with van der Waals surface area (Å²) >= 11 is 1.60. The molecule has 2 amide bonds. The van der Waals surface area contributed by atoms with Gasteiger partial charge in [-0.05, 0) is 59.9 Å². The highest BCUT2D eigenvalue weighted by Gasteiger charge is 2.24. The Hall–Kier alpha value is -2.18. The number of carbonyl (C=O) groups is 2. The molecule has 1 aliphatic heterocycles. The first-order chi connectivity index (χ1) is 12.6. The van der Waals surface area contributed by atoms with Crippen LogP contribution in [-0.2, 0) is 20.9 Å². The summed E-state index contributed by atoms with van der Waals surface area (Å²) in [6.07, 6.45) is 1.89. The quantitative estimate of drug-likeness (QED) is 0.756. The smallest absolute Gasteiger partial charge is 0.233 e. The number of hydrogen-bond acceptors (Lipinski definition) is 4. The van der Waals surface area contributed by atoms with E-state index in [0.717, 1.165) is 30.6 Å². The normalized spacial score (nSPS) is 16.4. The Morgan fingerprint density at radius 1 is 1.35 bits per heavy atom. The Labute approximate surface area is 158 Å². The number of rotatable bonds is 7. The van der Waals surface area contributed by atoms with Gasteiger partial charge < -0.3 is 15.0 Å². The fourth-order valence-corrected chi connectivity index (χ4v) is 3.73. The second-order valence-corrected chi connectivity index (χ2v) is 7.42. The van der Waals surface area contributed by atoms with Crippen LogP contribution in [0.1, 0.15) is 30.4 Å². The molecule has 1 aromatic carbocycles. The molecule has 2 aromatic rings. The number of anilines is 1. The molecule has 3 rings (SSSR count). The number of nitrogens with zero attached hydrogens (tertiary/aromatic N) is 1. The predicted molar refractivity (Wildman–Crippen MR) is 103 cm³/mol. The Morgan fingerprint density at radius 3 is 2.92 bits per heavy atom. The van der Waals surface area contributed by atoms with Crippen LogP contribution < -0.4 is 5.32 Å². The van der Waals surface area contributed by atoms with Gasteiger partial charge in [-0.1, -0.05) is 12.1 Å². The van der Waals surface area contributed by atoms with Crippen LogP contribution in [0.2, 0.25) is 0 Å². The van der Waals surface area contributed by atoms with Crippen molar-refractivity contribution in [2.75, 3.05) is 18.5 Å². The molecule has 1 saturated heterocycles. The first-order valence-electron chi connectivity index (χ1n) is 8.87. The van der Waals surface area contributed by atoms with Crippen molar-refractivity contribution in [3.05, 3.63) is 52.2 Å². The third kappa shape index (κ3) is 5.41. The Kier molecular flexibility index (Phi) is 6.41.